The number of nitrogens with zero attached hydrogens (tertiary/aromatic N) is 1. The van der Waals surface area contributed by atoms with Crippen LogP contribution in [0.25, 0.3) is 10.9 Å². The second kappa shape index (κ2) is 5.35. The maximum atomic E-state index is 13.0. The van der Waals surface area contributed by atoms with Crippen LogP contribution in [0.3, 0.4) is 0 Å². The Kier molecular flexibility index (Phi) is 3.48. The van der Waals surface area contributed by atoms with Crippen LogP contribution in [0.2, 0.25) is 0 Å². The number of carbonyl (C=O) groups is 1. The number of rotatable bonds is 2. The zero-order valence-corrected chi connectivity index (χ0v) is 11.5. The number of alkyl halides is 3. The summed E-state index contributed by atoms with van der Waals surface area (Å²) in [5.74, 6) is -1.41. The number of aromatic nitrogens is 2. The number of fused-ring (bicyclic) bond motifs is 1. The van der Waals surface area contributed by atoms with Crippen LogP contribution in [0.15, 0.2) is 53.3 Å². The Morgan fingerprint density at radius 1 is 1.00 bits per heavy atom. The molecule has 1 heterocycles. The number of aromatic amines is 1. The third kappa shape index (κ3) is 2.73. The summed E-state index contributed by atoms with van der Waals surface area (Å²) in [6, 6.07) is 10.6. The lowest BCUT2D eigenvalue weighted by atomic mass is 10.0. The highest BCUT2D eigenvalue weighted by atomic mass is 19.4. The summed E-state index contributed by atoms with van der Waals surface area (Å²) < 4.78 is 39.0. The Morgan fingerprint density at radius 2 is 1.65 bits per heavy atom. The van der Waals surface area contributed by atoms with Crippen molar-refractivity contribution in [3.8, 4) is 0 Å². The van der Waals surface area contributed by atoms with E-state index in [1.165, 1.54) is 24.3 Å². The molecule has 0 saturated heterocycles. The summed E-state index contributed by atoms with van der Waals surface area (Å²) in [5.41, 5.74) is -1.97. The molecule has 3 rings (SSSR count). The summed E-state index contributed by atoms with van der Waals surface area (Å²) in [7, 11) is 0. The zero-order valence-electron chi connectivity index (χ0n) is 11.5. The van der Waals surface area contributed by atoms with Gasteiger partial charge in [0.1, 0.15) is 0 Å². The molecule has 2 aromatic carbocycles. The van der Waals surface area contributed by atoms with Crippen LogP contribution in [0, 0.1) is 0 Å². The van der Waals surface area contributed by atoms with Gasteiger partial charge in [0.05, 0.1) is 16.5 Å². The molecule has 116 valence electrons. The first-order valence-corrected chi connectivity index (χ1v) is 6.58. The number of para-hydroxylation sites is 1. The lowest BCUT2D eigenvalue weighted by Crippen LogP contribution is -2.19. The van der Waals surface area contributed by atoms with Crippen LogP contribution in [0.1, 0.15) is 21.7 Å². The van der Waals surface area contributed by atoms with E-state index in [9.17, 15) is 22.8 Å². The van der Waals surface area contributed by atoms with Gasteiger partial charge in [-0.2, -0.15) is 13.2 Å². The highest BCUT2D eigenvalue weighted by molar-refractivity contribution is 6.08. The molecule has 1 N–H and O–H groups in total. The molecule has 0 bridgehead atoms. The van der Waals surface area contributed by atoms with Gasteiger partial charge in [0.2, 0.25) is 5.78 Å². The molecule has 0 aliphatic rings. The van der Waals surface area contributed by atoms with Crippen molar-refractivity contribution in [1.29, 1.82) is 0 Å². The SMILES string of the molecule is O=C(c1nc2ccccc2c(=O)[nH]1)c1ccccc1C(F)(F)F. The molecule has 7 heteroatoms. The fraction of sp³-hybridized carbons (Fsp3) is 0.0625. The highest BCUT2D eigenvalue weighted by Crippen LogP contribution is 2.32. The van der Waals surface area contributed by atoms with E-state index in [-0.39, 0.29) is 10.9 Å². The Hall–Kier alpha value is -2.96. The lowest BCUT2D eigenvalue weighted by Gasteiger charge is -2.11. The van der Waals surface area contributed by atoms with Gasteiger partial charge < -0.3 is 4.98 Å². The predicted molar refractivity (Wildman–Crippen MR) is 77.2 cm³/mol. The molecular weight excluding hydrogens is 309 g/mol. The van der Waals surface area contributed by atoms with Gasteiger partial charge in [-0.3, -0.25) is 9.59 Å². The van der Waals surface area contributed by atoms with E-state index in [1.54, 1.807) is 12.1 Å². The fourth-order valence-corrected chi connectivity index (χ4v) is 2.25. The number of nitrogens with one attached hydrogen (secondary N) is 1. The maximum Gasteiger partial charge on any atom is 0.417 e. The topological polar surface area (TPSA) is 62.8 Å². The number of H-pyrrole nitrogens is 1. The molecule has 0 radical (unpaired) electrons. The number of carbonyl (C=O) groups excluding carboxylic acids is 1. The van der Waals surface area contributed by atoms with Crippen molar-refractivity contribution in [2.24, 2.45) is 0 Å². The number of halogens is 3. The van der Waals surface area contributed by atoms with Crippen LogP contribution < -0.4 is 5.56 Å². The van der Waals surface area contributed by atoms with Gasteiger partial charge in [0.25, 0.3) is 5.56 Å². The first-order chi connectivity index (χ1) is 10.9. The Balaban J connectivity index is 2.17. The molecule has 0 atom stereocenters. The van der Waals surface area contributed by atoms with Crippen molar-refractivity contribution in [3.05, 3.63) is 75.8 Å². The van der Waals surface area contributed by atoms with Crippen LogP contribution >= 0.6 is 0 Å². The Bertz CT molecular complexity index is 961. The number of hydrogen-bond acceptors (Lipinski definition) is 3. The monoisotopic (exact) mass is 318 g/mol. The summed E-state index contributed by atoms with van der Waals surface area (Å²) >= 11 is 0. The van der Waals surface area contributed by atoms with Crippen molar-refractivity contribution in [3.63, 3.8) is 0 Å². The van der Waals surface area contributed by atoms with E-state index in [0.717, 1.165) is 12.1 Å². The molecule has 0 spiro atoms. The molecular formula is C16H9F3N2O2. The maximum absolute atomic E-state index is 13.0. The normalized spacial score (nSPS) is 11.6. The van der Waals surface area contributed by atoms with E-state index >= 15 is 0 Å². The minimum atomic E-state index is -4.68. The van der Waals surface area contributed by atoms with E-state index < -0.39 is 34.5 Å². The number of hydrogen-bond donors (Lipinski definition) is 1. The highest BCUT2D eigenvalue weighted by Gasteiger charge is 2.35. The average molecular weight is 318 g/mol. The second-order valence-corrected chi connectivity index (χ2v) is 4.80. The van der Waals surface area contributed by atoms with Gasteiger partial charge in [0.15, 0.2) is 5.82 Å². The predicted octanol–water partition coefficient (Wildman–Crippen LogP) is 3.17. The van der Waals surface area contributed by atoms with Crippen molar-refractivity contribution in [1.82, 2.24) is 9.97 Å². The summed E-state index contributed by atoms with van der Waals surface area (Å²) in [6.45, 7) is 0. The van der Waals surface area contributed by atoms with Crippen LogP contribution in [0.4, 0.5) is 13.2 Å². The third-order valence-corrected chi connectivity index (χ3v) is 3.31. The lowest BCUT2D eigenvalue weighted by molar-refractivity contribution is -0.137. The van der Waals surface area contributed by atoms with Crippen molar-refractivity contribution < 1.29 is 18.0 Å². The number of benzene rings is 2. The molecule has 0 unspecified atom stereocenters. The molecule has 0 fully saturated rings. The zero-order chi connectivity index (χ0) is 16.6. The third-order valence-electron chi connectivity index (χ3n) is 3.31. The van der Waals surface area contributed by atoms with Crippen molar-refractivity contribution in [2.75, 3.05) is 0 Å². The molecule has 23 heavy (non-hydrogen) atoms. The Morgan fingerprint density at radius 3 is 2.39 bits per heavy atom. The molecule has 1 aromatic heterocycles. The quantitative estimate of drug-likeness (QED) is 0.738. The van der Waals surface area contributed by atoms with Gasteiger partial charge in [-0.1, -0.05) is 30.3 Å². The first-order valence-electron chi connectivity index (χ1n) is 6.58. The van der Waals surface area contributed by atoms with Gasteiger partial charge in [-0.05, 0) is 18.2 Å². The minimum absolute atomic E-state index is 0.240. The first kappa shape index (κ1) is 15.0. The Labute approximate surface area is 127 Å². The molecule has 4 nitrogen and oxygen atoms in total. The molecule has 0 amide bonds. The van der Waals surface area contributed by atoms with Gasteiger partial charge >= 0.3 is 6.18 Å². The fourth-order valence-electron chi connectivity index (χ4n) is 2.25. The second-order valence-electron chi connectivity index (χ2n) is 4.80. The molecule has 0 aliphatic heterocycles. The standard InChI is InChI=1S/C16H9F3N2O2/c17-16(18,19)11-7-3-1-5-9(11)13(22)14-20-12-8-4-2-6-10(12)15(23)21-14/h1-8H,(H,20,21,23). The molecule has 0 aliphatic carbocycles. The smallest absolute Gasteiger partial charge is 0.303 e. The van der Waals surface area contributed by atoms with Gasteiger partial charge in [0, 0.05) is 5.56 Å². The van der Waals surface area contributed by atoms with Gasteiger partial charge in [-0.15, -0.1) is 0 Å². The average Bonchev–Trinajstić information content (AvgIpc) is 2.53. The summed E-state index contributed by atoms with van der Waals surface area (Å²) in [6.07, 6.45) is -4.68. The summed E-state index contributed by atoms with van der Waals surface area (Å²) in [5, 5.41) is 0.258. The van der Waals surface area contributed by atoms with Crippen LogP contribution in [-0.4, -0.2) is 15.8 Å². The van der Waals surface area contributed by atoms with E-state index in [0.29, 0.717) is 0 Å². The van der Waals surface area contributed by atoms with E-state index in [1.807, 2.05) is 0 Å². The summed E-state index contributed by atoms with van der Waals surface area (Å²) in [4.78, 5) is 30.5. The molecule has 0 saturated carbocycles. The van der Waals surface area contributed by atoms with E-state index in [2.05, 4.69) is 9.97 Å². The van der Waals surface area contributed by atoms with Crippen LogP contribution in [-0.2, 0) is 6.18 Å². The van der Waals surface area contributed by atoms with Crippen molar-refractivity contribution >= 4 is 16.7 Å². The largest absolute Gasteiger partial charge is 0.417 e. The van der Waals surface area contributed by atoms with E-state index in [4.69, 9.17) is 0 Å². The minimum Gasteiger partial charge on any atom is -0.303 e. The number of ketones is 1. The van der Waals surface area contributed by atoms with Crippen molar-refractivity contribution in [2.45, 2.75) is 6.18 Å². The van der Waals surface area contributed by atoms with Gasteiger partial charge in [-0.25, -0.2) is 4.98 Å². The molecule has 3 aromatic rings. The van der Waals surface area contributed by atoms with Crippen LogP contribution in [0.5, 0.6) is 0 Å².